The minimum Gasteiger partial charge on any atom is -0.326 e. The smallest absolute Gasteiger partial charge is 0.170 e. The van der Waals surface area contributed by atoms with E-state index in [0.29, 0.717) is 11.1 Å². The van der Waals surface area contributed by atoms with Crippen LogP contribution in [0.4, 0.5) is 0 Å². The Hall–Kier alpha value is -2.30. The summed E-state index contributed by atoms with van der Waals surface area (Å²) < 4.78 is 0. The van der Waals surface area contributed by atoms with Gasteiger partial charge in [0.1, 0.15) is 0 Å². The summed E-state index contributed by atoms with van der Waals surface area (Å²) in [5.41, 5.74) is 13.8. The molecule has 0 aromatic heterocycles. The van der Waals surface area contributed by atoms with Crippen LogP contribution < -0.4 is 11.5 Å². The van der Waals surface area contributed by atoms with Crippen LogP contribution in [-0.4, -0.2) is 11.6 Å². The molecule has 4 N–H and O–H groups in total. The minimum absolute atomic E-state index is 0.173. The number of Topliss-reactive ketones (excluding diaryl/α,β-unsaturated/α-hetero) is 2. The first kappa shape index (κ1) is 15.1. The van der Waals surface area contributed by atoms with Gasteiger partial charge in [0.15, 0.2) is 11.6 Å². The Kier molecular flexibility index (Phi) is 4.98. The Morgan fingerprint density at radius 2 is 1.10 bits per heavy atom. The monoisotopic (exact) mass is 282 g/mol. The van der Waals surface area contributed by atoms with Crippen molar-refractivity contribution < 1.29 is 9.59 Å². The Balaban J connectivity index is 2.21. The van der Waals surface area contributed by atoms with Gasteiger partial charge in [0.25, 0.3) is 0 Å². The fourth-order valence-corrected chi connectivity index (χ4v) is 2.28. The maximum absolute atomic E-state index is 12.3. The van der Waals surface area contributed by atoms with Crippen molar-refractivity contribution >= 4 is 11.6 Å². The van der Waals surface area contributed by atoms with Crippen molar-refractivity contribution in [1.82, 2.24) is 0 Å². The third-order valence-electron chi connectivity index (χ3n) is 3.40. The lowest BCUT2D eigenvalue weighted by Crippen LogP contribution is -2.14. The summed E-state index contributed by atoms with van der Waals surface area (Å²) in [6.45, 7) is 0.547. The van der Waals surface area contributed by atoms with Crippen molar-refractivity contribution in [1.29, 1.82) is 0 Å². The molecule has 0 fully saturated rings. The fourth-order valence-electron chi connectivity index (χ4n) is 2.28. The quantitative estimate of drug-likeness (QED) is 0.627. The van der Waals surface area contributed by atoms with Crippen molar-refractivity contribution in [3.63, 3.8) is 0 Å². The van der Waals surface area contributed by atoms with Crippen LogP contribution in [-0.2, 0) is 13.1 Å². The van der Waals surface area contributed by atoms with Crippen LogP contribution >= 0.6 is 0 Å². The Morgan fingerprint density at radius 1 is 0.714 bits per heavy atom. The molecule has 2 aromatic carbocycles. The molecule has 2 aromatic rings. The van der Waals surface area contributed by atoms with Gasteiger partial charge in [-0.25, -0.2) is 0 Å². The maximum atomic E-state index is 12.3. The van der Waals surface area contributed by atoms with E-state index in [1.807, 2.05) is 12.1 Å². The SMILES string of the molecule is NCc1ccccc1C(=O)CC(=O)c1ccccc1CN. The van der Waals surface area contributed by atoms with Crippen LogP contribution in [0.15, 0.2) is 48.5 Å². The highest BCUT2D eigenvalue weighted by Gasteiger charge is 2.17. The lowest BCUT2D eigenvalue weighted by atomic mass is 9.95. The van der Waals surface area contributed by atoms with Crippen LogP contribution in [0.1, 0.15) is 38.3 Å². The molecule has 0 amide bonds. The average molecular weight is 282 g/mol. The van der Waals surface area contributed by atoms with Gasteiger partial charge in [-0.1, -0.05) is 48.5 Å². The van der Waals surface area contributed by atoms with E-state index in [0.717, 1.165) is 11.1 Å². The first-order valence-corrected chi connectivity index (χ1v) is 6.79. The van der Waals surface area contributed by atoms with Crippen molar-refractivity contribution in [3.8, 4) is 0 Å². The van der Waals surface area contributed by atoms with Gasteiger partial charge in [-0.3, -0.25) is 9.59 Å². The second-order valence-corrected chi connectivity index (χ2v) is 4.75. The number of hydrogen-bond donors (Lipinski definition) is 2. The molecule has 0 spiro atoms. The van der Waals surface area contributed by atoms with Crippen molar-refractivity contribution in [2.24, 2.45) is 11.5 Å². The zero-order chi connectivity index (χ0) is 15.2. The van der Waals surface area contributed by atoms with E-state index in [9.17, 15) is 9.59 Å². The zero-order valence-electron chi connectivity index (χ0n) is 11.7. The summed E-state index contributed by atoms with van der Waals surface area (Å²) >= 11 is 0. The van der Waals surface area contributed by atoms with Gasteiger partial charge in [-0.05, 0) is 11.1 Å². The molecule has 0 atom stereocenters. The van der Waals surface area contributed by atoms with E-state index in [4.69, 9.17) is 11.5 Å². The number of rotatable bonds is 6. The summed E-state index contributed by atoms with van der Waals surface area (Å²) in [7, 11) is 0. The number of benzene rings is 2. The van der Waals surface area contributed by atoms with Gasteiger partial charge in [0.05, 0.1) is 6.42 Å². The van der Waals surface area contributed by atoms with Crippen LogP contribution in [0.2, 0.25) is 0 Å². The van der Waals surface area contributed by atoms with E-state index in [2.05, 4.69) is 0 Å². The Morgan fingerprint density at radius 3 is 1.48 bits per heavy atom. The van der Waals surface area contributed by atoms with Crippen LogP contribution in [0.5, 0.6) is 0 Å². The normalized spacial score (nSPS) is 10.4. The zero-order valence-corrected chi connectivity index (χ0v) is 11.7. The van der Waals surface area contributed by atoms with Gasteiger partial charge < -0.3 is 11.5 Å². The molecule has 0 unspecified atom stereocenters. The molecule has 0 heterocycles. The van der Waals surface area contributed by atoms with E-state index >= 15 is 0 Å². The minimum atomic E-state index is -0.215. The summed E-state index contributed by atoms with van der Waals surface area (Å²) in [5, 5.41) is 0. The molecule has 2 rings (SSSR count). The molecular formula is C17H18N2O2. The predicted molar refractivity (Wildman–Crippen MR) is 81.9 cm³/mol. The molecule has 21 heavy (non-hydrogen) atoms. The molecule has 0 aliphatic heterocycles. The Labute approximate surface area is 123 Å². The molecule has 4 nitrogen and oxygen atoms in total. The molecule has 0 aliphatic carbocycles. The molecule has 0 bridgehead atoms. The first-order chi connectivity index (χ1) is 10.2. The van der Waals surface area contributed by atoms with Gasteiger partial charge in [-0.15, -0.1) is 0 Å². The van der Waals surface area contributed by atoms with Crippen molar-refractivity contribution in [2.75, 3.05) is 0 Å². The van der Waals surface area contributed by atoms with Gasteiger partial charge in [0, 0.05) is 24.2 Å². The van der Waals surface area contributed by atoms with E-state index < -0.39 is 0 Å². The number of hydrogen-bond acceptors (Lipinski definition) is 4. The number of nitrogens with two attached hydrogens (primary N) is 2. The third-order valence-corrected chi connectivity index (χ3v) is 3.40. The van der Waals surface area contributed by atoms with Crippen LogP contribution in [0, 0.1) is 0 Å². The van der Waals surface area contributed by atoms with Gasteiger partial charge in [0.2, 0.25) is 0 Å². The first-order valence-electron chi connectivity index (χ1n) is 6.79. The molecule has 0 radical (unpaired) electrons. The highest BCUT2D eigenvalue weighted by Crippen LogP contribution is 2.15. The number of ketones is 2. The largest absolute Gasteiger partial charge is 0.326 e. The molecule has 0 aliphatic rings. The summed E-state index contributed by atoms with van der Waals surface area (Å²) in [4.78, 5) is 24.6. The lowest BCUT2D eigenvalue weighted by molar-refractivity contribution is 0.0893. The topological polar surface area (TPSA) is 86.2 Å². The van der Waals surface area contributed by atoms with E-state index in [1.54, 1.807) is 36.4 Å². The molecular weight excluding hydrogens is 264 g/mol. The van der Waals surface area contributed by atoms with E-state index in [-0.39, 0.29) is 31.1 Å². The van der Waals surface area contributed by atoms with Gasteiger partial charge in [-0.2, -0.15) is 0 Å². The van der Waals surface area contributed by atoms with Crippen LogP contribution in [0.3, 0.4) is 0 Å². The second-order valence-electron chi connectivity index (χ2n) is 4.75. The standard InChI is InChI=1S/C17H18N2O2/c18-10-12-5-1-3-7-14(12)16(20)9-17(21)15-8-4-2-6-13(15)11-19/h1-8H,9-11,18-19H2. The summed E-state index contributed by atoms with van der Waals surface area (Å²) in [5.74, 6) is -0.430. The maximum Gasteiger partial charge on any atom is 0.170 e. The number of carbonyl (C=O) groups excluding carboxylic acids is 2. The average Bonchev–Trinajstić information content (AvgIpc) is 2.54. The number of carbonyl (C=O) groups is 2. The second kappa shape index (κ2) is 6.92. The summed E-state index contributed by atoms with van der Waals surface area (Å²) in [6, 6.07) is 14.2. The molecule has 0 saturated carbocycles. The molecule has 4 heteroatoms. The van der Waals surface area contributed by atoms with Crippen LogP contribution in [0.25, 0.3) is 0 Å². The van der Waals surface area contributed by atoms with Gasteiger partial charge >= 0.3 is 0 Å². The van der Waals surface area contributed by atoms with Crippen molar-refractivity contribution in [2.45, 2.75) is 19.5 Å². The Bertz CT molecular complexity index is 608. The fraction of sp³-hybridized carbons (Fsp3) is 0.176. The molecule has 0 saturated heterocycles. The highest BCUT2D eigenvalue weighted by atomic mass is 16.1. The molecule has 108 valence electrons. The highest BCUT2D eigenvalue weighted by molar-refractivity contribution is 6.14. The summed E-state index contributed by atoms with van der Waals surface area (Å²) in [6.07, 6.45) is -0.173. The third kappa shape index (κ3) is 3.42. The van der Waals surface area contributed by atoms with E-state index in [1.165, 1.54) is 0 Å². The predicted octanol–water partition coefficient (Wildman–Crippen LogP) is 2.06. The lowest BCUT2D eigenvalue weighted by Gasteiger charge is -2.08. The van der Waals surface area contributed by atoms with Crippen molar-refractivity contribution in [3.05, 3.63) is 70.8 Å².